The fourth-order valence-corrected chi connectivity index (χ4v) is 4.62. The number of fused-ring (bicyclic) bond motifs is 4. The second-order valence-electron chi connectivity index (χ2n) is 7.59. The first-order valence-electron chi connectivity index (χ1n) is 8.90. The van der Waals surface area contributed by atoms with Gasteiger partial charge in [0.15, 0.2) is 0 Å². The maximum atomic E-state index is 13.6. The van der Waals surface area contributed by atoms with Gasteiger partial charge in [-0.25, -0.2) is 8.78 Å². The summed E-state index contributed by atoms with van der Waals surface area (Å²) in [6, 6.07) is 4.01. The summed E-state index contributed by atoms with van der Waals surface area (Å²) in [5.41, 5.74) is 0.418. The predicted molar refractivity (Wildman–Crippen MR) is 89.0 cm³/mol. The van der Waals surface area contributed by atoms with E-state index < -0.39 is 24.4 Å². The third kappa shape index (κ3) is 2.71. The first-order valence-corrected chi connectivity index (χ1v) is 8.90. The van der Waals surface area contributed by atoms with Gasteiger partial charge in [-0.2, -0.15) is 0 Å². The van der Waals surface area contributed by atoms with Crippen molar-refractivity contribution in [2.45, 2.75) is 37.6 Å². The lowest BCUT2D eigenvalue weighted by Crippen LogP contribution is -2.54. The summed E-state index contributed by atoms with van der Waals surface area (Å²) in [5, 5.41) is 0. The van der Waals surface area contributed by atoms with Gasteiger partial charge < -0.3 is 9.80 Å². The van der Waals surface area contributed by atoms with Gasteiger partial charge >= 0.3 is 0 Å². The first kappa shape index (κ1) is 17.2. The average Bonchev–Trinajstić information content (AvgIpc) is 2.95. The van der Waals surface area contributed by atoms with E-state index in [-0.39, 0.29) is 36.3 Å². The van der Waals surface area contributed by atoms with Gasteiger partial charge in [-0.3, -0.25) is 19.0 Å². The standard InChI is InChI=1S/C18H21F2N3O3/c1-11(24)22-8-12-7-13(9-22)16(23-14(12)3-2-4-15(23)25)17(26)21-6-5-18(19,20)10-21/h2-4,12-13,16H,5-10H2,1H3/t12-,13+,16-/m1/s1. The highest BCUT2D eigenvalue weighted by molar-refractivity contribution is 5.82. The molecule has 0 radical (unpaired) electrons. The Hall–Kier alpha value is -2.25. The number of amides is 2. The van der Waals surface area contributed by atoms with Crippen LogP contribution in [0, 0.1) is 5.92 Å². The minimum absolute atomic E-state index is 0.00811. The first-order chi connectivity index (χ1) is 12.3. The van der Waals surface area contributed by atoms with Crippen molar-refractivity contribution in [3.05, 3.63) is 34.2 Å². The van der Waals surface area contributed by atoms with Crippen LogP contribution < -0.4 is 5.56 Å². The third-order valence-corrected chi connectivity index (χ3v) is 5.83. The zero-order valence-corrected chi connectivity index (χ0v) is 14.5. The van der Waals surface area contributed by atoms with E-state index in [1.54, 1.807) is 17.0 Å². The van der Waals surface area contributed by atoms with Crippen LogP contribution in [-0.4, -0.2) is 58.3 Å². The van der Waals surface area contributed by atoms with Gasteiger partial charge in [-0.15, -0.1) is 0 Å². The number of piperidine rings is 1. The highest BCUT2D eigenvalue weighted by atomic mass is 19.3. The molecule has 4 rings (SSSR count). The lowest BCUT2D eigenvalue weighted by molar-refractivity contribution is -0.141. The quantitative estimate of drug-likeness (QED) is 0.752. The molecule has 0 N–H and O–H groups in total. The third-order valence-electron chi connectivity index (χ3n) is 5.83. The zero-order valence-electron chi connectivity index (χ0n) is 14.5. The van der Waals surface area contributed by atoms with Gasteiger partial charge in [0.25, 0.3) is 11.5 Å². The Labute approximate surface area is 149 Å². The number of pyridine rings is 1. The van der Waals surface area contributed by atoms with Gasteiger partial charge in [0.2, 0.25) is 11.8 Å². The molecule has 0 aromatic carbocycles. The minimum Gasteiger partial charge on any atom is -0.342 e. The second-order valence-corrected chi connectivity index (χ2v) is 7.59. The number of halogens is 2. The average molecular weight is 365 g/mol. The Morgan fingerprint density at radius 3 is 2.62 bits per heavy atom. The monoisotopic (exact) mass is 365 g/mol. The molecule has 2 saturated heterocycles. The van der Waals surface area contributed by atoms with E-state index in [0.717, 1.165) is 0 Å². The molecule has 0 unspecified atom stereocenters. The summed E-state index contributed by atoms with van der Waals surface area (Å²) in [6.45, 7) is 1.75. The Balaban J connectivity index is 1.75. The molecule has 4 heterocycles. The smallest absolute Gasteiger partial charge is 0.267 e. The number of carbonyl (C=O) groups is 2. The van der Waals surface area contributed by atoms with Crippen LogP contribution in [0.1, 0.15) is 37.4 Å². The van der Waals surface area contributed by atoms with E-state index in [9.17, 15) is 23.2 Å². The highest BCUT2D eigenvalue weighted by Gasteiger charge is 2.48. The maximum Gasteiger partial charge on any atom is 0.267 e. The van der Waals surface area contributed by atoms with Gasteiger partial charge in [0.1, 0.15) is 6.04 Å². The number of likely N-dealkylation sites (tertiary alicyclic amines) is 2. The minimum atomic E-state index is -2.88. The molecule has 1 aromatic rings. The van der Waals surface area contributed by atoms with E-state index in [2.05, 4.69) is 0 Å². The molecule has 2 fully saturated rings. The zero-order chi connectivity index (χ0) is 18.6. The molecule has 0 aliphatic carbocycles. The number of hydrogen-bond acceptors (Lipinski definition) is 3. The van der Waals surface area contributed by atoms with Crippen LogP contribution in [0.3, 0.4) is 0 Å². The van der Waals surface area contributed by atoms with Crippen LogP contribution in [0.15, 0.2) is 23.0 Å². The number of hydrogen-bond donors (Lipinski definition) is 0. The van der Waals surface area contributed by atoms with Crippen LogP contribution in [0.25, 0.3) is 0 Å². The molecule has 3 atom stereocenters. The topological polar surface area (TPSA) is 62.6 Å². The summed E-state index contributed by atoms with van der Waals surface area (Å²) in [4.78, 5) is 40.4. The Bertz CT molecular complexity index is 822. The molecular weight excluding hydrogens is 344 g/mol. The van der Waals surface area contributed by atoms with Crippen molar-refractivity contribution >= 4 is 11.8 Å². The SMILES string of the molecule is CC(=O)N1C[C@H]2C[C@@H](C1)[C@H](C(=O)N1CCC(F)(F)C1)n1c2cccc1=O. The van der Waals surface area contributed by atoms with Crippen molar-refractivity contribution in [2.24, 2.45) is 5.92 Å². The van der Waals surface area contributed by atoms with Crippen molar-refractivity contribution in [2.75, 3.05) is 26.2 Å². The van der Waals surface area contributed by atoms with Crippen LogP contribution in [-0.2, 0) is 9.59 Å². The summed E-state index contributed by atoms with van der Waals surface area (Å²) >= 11 is 0. The fraction of sp³-hybridized carbons (Fsp3) is 0.611. The largest absolute Gasteiger partial charge is 0.342 e. The van der Waals surface area contributed by atoms with Crippen LogP contribution >= 0.6 is 0 Å². The van der Waals surface area contributed by atoms with E-state index in [0.29, 0.717) is 25.2 Å². The summed E-state index contributed by atoms with van der Waals surface area (Å²) in [7, 11) is 0. The molecule has 2 bridgehead atoms. The van der Waals surface area contributed by atoms with Gasteiger partial charge in [-0.05, 0) is 12.5 Å². The molecule has 3 aliphatic rings. The molecule has 0 spiro atoms. The van der Waals surface area contributed by atoms with Crippen LogP contribution in [0.5, 0.6) is 0 Å². The van der Waals surface area contributed by atoms with Gasteiger partial charge in [0.05, 0.1) is 6.54 Å². The molecular formula is C18H21F2N3O3. The molecule has 2 amide bonds. The van der Waals surface area contributed by atoms with Crippen LogP contribution in [0.2, 0.25) is 0 Å². The normalized spacial score (nSPS) is 29.4. The molecule has 26 heavy (non-hydrogen) atoms. The second kappa shape index (κ2) is 5.89. The van der Waals surface area contributed by atoms with Gasteiger partial charge in [0, 0.05) is 56.6 Å². The molecule has 6 nitrogen and oxygen atoms in total. The summed E-state index contributed by atoms with van der Waals surface area (Å²) in [6.07, 6.45) is 0.322. The Morgan fingerprint density at radius 1 is 1.19 bits per heavy atom. The van der Waals surface area contributed by atoms with Crippen molar-refractivity contribution in [1.29, 1.82) is 0 Å². The number of aromatic nitrogens is 1. The molecule has 0 saturated carbocycles. The lowest BCUT2D eigenvalue weighted by atomic mass is 9.78. The van der Waals surface area contributed by atoms with Crippen LogP contribution in [0.4, 0.5) is 8.78 Å². The van der Waals surface area contributed by atoms with E-state index in [4.69, 9.17) is 0 Å². The summed E-state index contributed by atoms with van der Waals surface area (Å²) in [5.74, 6) is -3.66. The molecule has 8 heteroatoms. The predicted octanol–water partition coefficient (Wildman–Crippen LogP) is 1.22. The molecule has 140 valence electrons. The Kier molecular flexibility index (Phi) is 3.89. The van der Waals surface area contributed by atoms with E-state index >= 15 is 0 Å². The van der Waals surface area contributed by atoms with Gasteiger partial charge in [-0.1, -0.05) is 6.07 Å². The summed E-state index contributed by atoms with van der Waals surface area (Å²) < 4.78 is 28.7. The Morgan fingerprint density at radius 2 is 1.96 bits per heavy atom. The number of nitrogens with zero attached hydrogens (tertiary/aromatic N) is 3. The number of carbonyl (C=O) groups excluding carboxylic acids is 2. The van der Waals surface area contributed by atoms with Crippen molar-refractivity contribution in [3.63, 3.8) is 0 Å². The van der Waals surface area contributed by atoms with E-state index in [1.807, 2.05) is 0 Å². The highest BCUT2D eigenvalue weighted by Crippen LogP contribution is 2.42. The lowest BCUT2D eigenvalue weighted by Gasteiger charge is -2.46. The van der Waals surface area contributed by atoms with Crippen molar-refractivity contribution in [1.82, 2.24) is 14.4 Å². The molecule has 3 aliphatic heterocycles. The van der Waals surface area contributed by atoms with E-state index in [1.165, 1.54) is 22.5 Å². The number of alkyl halides is 2. The molecule has 1 aromatic heterocycles. The maximum absolute atomic E-state index is 13.6. The fourth-order valence-electron chi connectivity index (χ4n) is 4.62. The van der Waals surface area contributed by atoms with Crippen molar-refractivity contribution < 1.29 is 18.4 Å². The number of rotatable bonds is 1. The van der Waals surface area contributed by atoms with Crippen molar-refractivity contribution in [3.8, 4) is 0 Å².